The van der Waals surface area contributed by atoms with Crippen LogP contribution in [0.5, 0.6) is 11.5 Å². The Morgan fingerprint density at radius 3 is 2.66 bits per heavy atom. The number of hydrogen-bond acceptors (Lipinski definition) is 7. The van der Waals surface area contributed by atoms with Gasteiger partial charge in [-0.2, -0.15) is 16.7 Å². The molecule has 0 spiro atoms. The van der Waals surface area contributed by atoms with E-state index in [-0.39, 0.29) is 0 Å². The molecular formula is C22H25N3O3S. The number of aromatic nitrogens is 2. The van der Waals surface area contributed by atoms with Crippen LogP contribution in [0, 0.1) is 0 Å². The van der Waals surface area contributed by atoms with Crippen molar-refractivity contribution < 1.29 is 14.0 Å². The molecule has 4 rings (SSSR count). The fraction of sp³-hybridized carbons (Fsp3) is 0.364. The zero-order valence-electron chi connectivity index (χ0n) is 16.9. The summed E-state index contributed by atoms with van der Waals surface area (Å²) in [6.07, 6.45) is 0. The van der Waals surface area contributed by atoms with Crippen LogP contribution in [0.1, 0.15) is 24.4 Å². The Balaban J connectivity index is 1.55. The van der Waals surface area contributed by atoms with Crippen molar-refractivity contribution in [3.63, 3.8) is 0 Å². The molecule has 7 heteroatoms. The van der Waals surface area contributed by atoms with Crippen LogP contribution in [0.2, 0.25) is 0 Å². The van der Waals surface area contributed by atoms with Crippen molar-refractivity contribution in [2.45, 2.75) is 24.8 Å². The molecule has 0 N–H and O–H groups in total. The van der Waals surface area contributed by atoms with Crippen LogP contribution in [0.3, 0.4) is 0 Å². The van der Waals surface area contributed by atoms with Gasteiger partial charge in [-0.1, -0.05) is 42.4 Å². The molecule has 1 aliphatic heterocycles. The summed E-state index contributed by atoms with van der Waals surface area (Å²) in [7, 11) is 3.23. The maximum Gasteiger partial charge on any atom is 0.241 e. The van der Waals surface area contributed by atoms with E-state index in [1.54, 1.807) is 14.2 Å². The van der Waals surface area contributed by atoms with E-state index in [2.05, 4.69) is 52.3 Å². The van der Waals surface area contributed by atoms with Crippen LogP contribution < -0.4 is 9.47 Å². The lowest BCUT2D eigenvalue weighted by molar-refractivity contribution is 0.167. The molecule has 1 fully saturated rings. The fourth-order valence-corrected chi connectivity index (χ4v) is 5.00. The van der Waals surface area contributed by atoms with E-state index >= 15 is 0 Å². The molecule has 0 saturated carbocycles. The van der Waals surface area contributed by atoms with Crippen molar-refractivity contribution in [3.8, 4) is 22.9 Å². The third-order valence-electron chi connectivity index (χ3n) is 5.19. The number of hydrogen-bond donors (Lipinski definition) is 0. The Morgan fingerprint density at radius 1 is 1.10 bits per heavy atom. The minimum absolute atomic E-state index is 0.325. The zero-order chi connectivity index (χ0) is 20.2. The minimum atomic E-state index is 0.325. The first kappa shape index (κ1) is 19.8. The standard InChI is InChI=1S/C22H25N3O3S/c1-15-21(16-7-5-4-6-8-16)25(11-12-29-15)14-20-23-22(24-28-20)17-9-10-18(26-2)19(13-17)27-3/h4-10,13,15,21H,11-12,14H2,1-3H3. The first-order valence-corrected chi connectivity index (χ1v) is 10.7. The number of benzene rings is 2. The van der Waals surface area contributed by atoms with Crippen molar-refractivity contribution in [3.05, 3.63) is 60.0 Å². The van der Waals surface area contributed by atoms with Crippen molar-refractivity contribution in [1.82, 2.24) is 15.0 Å². The predicted molar refractivity (Wildman–Crippen MR) is 114 cm³/mol. The molecule has 1 saturated heterocycles. The fourth-order valence-electron chi connectivity index (χ4n) is 3.78. The van der Waals surface area contributed by atoms with Gasteiger partial charge in [0.05, 0.1) is 20.8 Å². The molecule has 2 aromatic carbocycles. The van der Waals surface area contributed by atoms with E-state index in [9.17, 15) is 0 Å². The first-order chi connectivity index (χ1) is 14.2. The highest BCUT2D eigenvalue weighted by molar-refractivity contribution is 8.00. The van der Waals surface area contributed by atoms with E-state index in [0.29, 0.717) is 41.1 Å². The highest BCUT2D eigenvalue weighted by Gasteiger charge is 2.31. The monoisotopic (exact) mass is 411 g/mol. The largest absolute Gasteiger partial charge is 0.493 e. The number of ether oxygens (including phenoxy) is 2. The van der Waals surface area contributed by atoms with Gasteiger partial charge < -0.3 is 14.0 Å². The van der Waals surface area contributed by atoms with Gasteiger partial charge in [0, 0.05) is 29.2 Å². The molecule has 6 nitrogen and oxygen atoms in total. The van der Waals surface area contributed by atoms with E-state index in [1.807, 2.05) is 30.0 Å². The van der Waals surface area contributed by atoms with Crippen LogP contribution in [-0.4, -0.2) is 46.8 Å². The van der Waals surface area contributed by atoms with Crippen LogP contribution in [0.25, 0.3) is 11.4 Å². The molecule has 0 radical (unpaired) electrons. The maximum absolute atomic E-state index is 5.59. The number of nitrogens with zero attached hydrogens (tertiary/aromatic N) is 3. The second-order valence-electron chi connectivity index (χ2n) is 6.98. The van der Waals surface area contributed by atoms with Gasteiger partial charge >= 0.3 is 0 Å². The summed E-state index contributed by atoms with van der Waals surface area (Å²) in [5, 5.41) is 4.68. The smallest absolute Gasteiger partial charge is 0.241 e. The second kappa shape index (κ2) is 8.88. The number of thioether (sulfide) groups is 1. The van der Waals surface area contributed by atoms with E-state index in [0.717, 1.165) is 17.9 Å². The quantitative estimate of drug-likeness (QED) is 0.594. The Kier molecular flexibility index (Phi) is 6.06. The molecule has 1 aliphatic rings. The molecule has 1 aromatic heterocycles. The topological polar surface area (TPSA) is 60.6 Å². The van der Waals surface area contributed by atoms with E-state index < -0.39 is 0 Å². The van der Waals surface area contributed by atoms with Gasteiger partial charge in [0.15, 0.2) is 11.5 Å². The van der Waals surface area contributed by atoms with E-state index in [1.165, 1.54) is 5.56 Å². The van der Waals surface area contributed by atoms with Crippen LogP contribution in [0.4, 0.5) is 0 Å². The Morgan fingerprint density at radius 2 is 1.90 bits per heavy atom. The minimum Gasteiger partial charge on any atom is -0.493 e. The number of rotatable bonds is 6. The van der Waals surface area contributed by atoms with Gasteiger partial charge in [-0.15, -0.1) is 0 Å². The summed E-state index contributed by atoms with van der Waals surface area (Å²) in [6.45, 7) is 3.91. The van der Waals surface area contributed by atoms with Crippen molar-refractivity contribution >= 4 is 11.8 Å². The third-order valence-corrected chi connectivity index (χ3v) is 6.39. The molecule has 3 aromatic rings. The summed E-state index contributed by atoms with van der Waals surface area (Å²) in [4.78, 5) is 7.07. The highest BCUT2D eigenvalue weighted by Crippen LogP contribution is 2.37. The lowest BCUT2D eigenvalue weighted by atomic mass is 10.0. The predicted octanol–water partition coefficient (Wildman–Crippen LogP) is 4.43. The van der Waals surface area contributed by atoms with Crippen molar-refractivity contribution in [2.24, 2.45) is 0 Å². The second-order valence-corrected chi connectivity index (χ2v) is 8.47. The lowest BCUT2D eigenvalue weighted by Crippen LogP contribution is -2.39. The average molecular weight is 412 g/mol. The summed E-state index contributed by atoms with van der Waals surface area (Å²) in [5.41, 5.74) is 2.16. The Bertz CT molecular complexity index is 947. The molecule has 152 valence electrons. The number of methoxy groups -OCH3 is 2. The van der Waals surface area contributed by atoms with E-state index in [4.69, 9.17) is 14.0 Å². The Hall–Kier alpha value is -2.51. The third kappa shape index (κ3) is 4.26. The highest BCUT2D eigenvalue weighted by atomic mass is 32.2. The molecule has 2 unspecified atom stereocenters. The van der Waals surface area contributed by atoms with Gasteiger partial charge in [-0.25, -0.2) is 0 Å². The summed E-state index contributed by atoms with van der Waals surface area (Å²) in [5.74, 6) is 3.58. The van der Waals surface area contributed by atoms with Crippen LogP contribution in [-0.2, 0) is 6.54 Å². The summed E-state index contributed by atoms with van der Waals surface area (Å²) < 4.78 is 16.3. The normalized spacial score (nSPS) is 19.8. The lowest BCUT2D eigenvalue weighted by Gasteiger charge is -2.39. The van der Waals surface area contributed by atoms with Gasteiger partial charge in [0.25, 0.3) is 0 Å². The average Bonchev–Trinajstić information content (AvgIpc) is 3.22. The van der Waals surface area contributed by atoms with Crippen LogP contribution >= 0.6 is 11.8 Å². The summed E-state index contributed by atoms with van der Waals surface area (Å²) >= 11 is 2.01. The zero-order valence-corrected chi connectivity index (χ0v) is 17.7. The van der Waals surface area contributed by atoms with Gasteiger partial charge in [0.1, 0.15) is 0 Å². The molecule has 0 bridgehead atoms. The molecular weight excluding hydrogens is 386 g/mol. The molecule has 29 heavy (non-hydrogen) atoms. The summed E-state index contributed by atoms with van der Waals surface area (Å²) in [6, 6.07) is 16.6. The first-order valence-electron chi connectivity index (χ1n) is 9.65. The van der Waals surface area contributed by atoms with Gasteiger partial charge in [-0.3, -0.25) is 4.90 Å². The Labute approximate surface area is 175 Å². The van der Waals surface area contributed by atoms with Crippen molar-refractivity contribution in [1.29, 1.82) is 0 Å². The van der Waals surface area contributed by atoms with Crippen molar-refractivity contribution in [2.75, 3.05) is 26.5 Å². The molecule has 2 atom stereocenters. The van der Waals surface area contributed by atoms with Gasteiger partial charge in [0.2, 0.25) is 11.7 Å². The molecule has 2 heterocycles. The van der Waals surface area contributed by atoms with Gasteiger partial charge in [-0.05, 0) is 23.8 Å². The SMILES string of the molecule is COc1ccc(-c2noc(CN3CCSC(C)C3c3ccccc3)n2)cc1OC. The molecule has 0 amide bonds. The molecule has 0 aliphatic carbocycles. The van der Waals surface area contributed by atoms with Crippen LogP contribution in [0.15, 0.2) is 53.1 Å². The maximum atomic E-state index is 5.59.